The van der Waals surface area contributed by atoms with Gasteiger partial charge in [-0.05, 0) is 32.6 Å². The summed E-state index contributed by atoms with van der Waals surface area (Å²) < 4.78 is 5.90. The van der Waals surface area contributed by atoms with Crippen LogP contribution in [0.3, 0.4) is 0 Å². The van der Waals surface area contributed by atoms with Crippen molar-refractivity contribution in [3.8, 4) is 0 Å². The van der Waals surface area contributed by atoms with Crippen LogP contribution in [0.25, 0.3) is 0 Å². The zero-order valence-corrected chi connectivity index (χ0v) is 15.1. The van der Waals surface area contributed by atoms with E-state index in [2.05, 4.69) is 39.9 Å². The number of unbranched alkanes of at least 4 members (excludes halogenated alkanes) is 3. The molecule has 0 saturated carbocycles. The van der Waals surface area contributed by atoms with E-state index in [9.17, 15) is 5.11 Å². The summed E-state index contributed by atoms with van der Waals surface area (Å²) in [5, 5.41) is 13.2. The van der Waals surface area contributed by atoms with Gasteiger partial charge >= 0.3 is 0 Å². The standard InChI is InChI=1S/C18H39NO2/c1-6-8-9-10-12-17(5)21-14-11-13-18(7-2,15-20)19-16(3)4/h16-17,19-20H,6-15H2,1-5H3. The molecule has 0 aromatic carbocycles. The molecule has 2 N–H and O–H groups in total. The van der Waals surface area contributed by atoms with Gasteiger partial charge in [0.15, 0.2) is 0 Å². The van der Waals surface area contributed by atoms with Gasteiger partial charge in [0.05, 0.1) is 12.7 Å². The summed E-state index contributed by atoms with van der Waals surface area (Å²) in [6, 6.07) is 0.399. The van der Waals surface area contributed by atoms with E-state index >= 15 is 0 Å². The second-order valence-electron chi connectivity index (χ2n) is 6.73. The van der Waals surface area contributed by atoms with E-state index in [1.165, 1.54) is 32.1 Å². The molecule has 0 saturated heterocycles. The first-order valence-corrected chi connectivity index (χ1v) is 8.99. The summed E-state index contributed by atoms with van der Waals surface area (Å²) in [6.45, 7) is 11.8. The largest absolute Gasteiger partial charge is 0.394 e. The number of hydrogen-bond donors (Lipinski definition) is 2. The van der Waals surface area contributed by atoms with Crippen LogP contribution in [-0.2, 0) is 4.74 Å². The van der Waals surface area contributed by atoms with Crippen LogP contribution >= 0.6 is 0 Å². The van der Waals surface area contributed by atoms with Gasteiger partial charge in [0.2, 0.25) is 0 Å². The number of hydrogen-bond acceptors (Lipinski definition) is 3. The summed E-state index contributed by atoms with van der Waals surface area (Å²) in [5.74, 6) is 0. The van der Waals surface area contributed by atoms with Gasteiger partial charge in [-0.1, -0.05) is 53.4 Å². The number of ether oxygens (including phenoxy) is 1. The molecule has 3 heteroatoms. The molecule has 128 valence electrons. The second-order valence-corrected chi connectivity index (χ2v) is 6.73. The maximum absolute atomic E-state index is 9.70. The molecule has 0 amide bonds. The Morgan fingerprint density at radius 2 is 1.76 bits per heavy atom. The maximum atomic E-state index is 9.70. The van der Waals surface area contributed by atoms with Gasteiger partial charge in [0.1, 0.15) is 0 Å². The Balaban J connectivity index is 3.84. The fraction of sp³-hybridized carbons (Fsp3) is 1.00. The quantitative estimate of drug-likeness (QED) is 0.470. The molecule has 0 spiro atoms. The van der Waals surface area contributed by atoms with Gasteiger partial charge in [-0.3, -0.25) is 0 Å². The van der Waals surface area contributed by atoms with E-state index in [-0.39, 0.29) is 12.1 Å². The third-order valence-electron chi connectivity index (χ3n) is 4.24. The lowest BCUT2D eigenvalue weighted by Gasteiger charge is -2.34. The van der Waals surface area contributed by atoms with Crippen molar-refractivity contribution in [1.82, 2.24) is 5.32 Å². The highest BCUT2D eigenvalue weighted by atomic mass is 16.5. The third kappa shape index (κ3) is 10.3. The van der Waals surface area contributed by atoms with Crippen LogP contribution in [0, 0.1) is 0 Å². The Morgan fingerprint density at radius 3 is 2.29 bits per heavy atom. The van der Waals surface area contributed by atoms with E-state index in [0.717, 1.165) is 25.9 Å². The Morgan fingerprint density at radius 1 is 1.05 bits per heavy atom. The van der Waals surface area contributed by atoms with Gasteiger partial charge in [0.25, 0.3) is 0 Å². The van der Waals surface area contributed by atoms with Gasteiger partial charge in [-0.25, -0.2) is 0 Å². The van der Waals surface area contributed by atoms with Gasteiger partial charge in [0, 0.05) is 18.2 Å². The van der Waals surface area contributed by atoms with E-state index < -0.39 is 0 Å². The maximum Gasteiger partial charge on any atom is 0.0613 e. The Labute approximate surface area is 132 Å². The molecule has 0 rings (SSSR count). The monoisotopic (exact) mass is 301 g/mol. The summed E-state index contributed by atoms with van der Waals surface area (Å²) in [5.41, 5.74) is -0.137. The van der Waals surface area contributed by atoms with Crippen molar-refractivity contribution >= 4 is 0 Å². The van der Waals surface area contributed by atoms with Crippen molar-refractivity contribution in [2.75, 3.05) is 13.2 Å². The van der Waals surface area contributed by atoms with E-state index in [4.69, 9.17) is 4.74 Å². The molecule has 0 aliphatic heterocycles. The minimum absolute atomic E-state index is 0.137. The molecule has 0 aliphatic rings. The lowest BCUT2D eigenvalue weighted by molar-refractivity contribution is 0.0464. The molecule has 0 heterocycles. The fourth-order valence-corrected chi connectivity index (χ4v) is 2.84. The predicted molar refractivity (Wildman–Crippen MR) is 91.8 cm³/mol. The van der Waals surface area contributed by atoms with E-state index in [1.807, 2.05) is 0 Å². The highest BCUT2D eigenvalue weighted by Gasteiger charge is 2.27. The molecule has 21 heavy (non-hydrogen) atoms. The highest BCUT2D eigenvalue weighted by molar-refractivity contribution is 4.87. The zero-order chi connectivity index (χ0) is 16.1. The van der Waals surface area contributed by atoms with Gasteiger partial charge in [-0.15, -0.1) is 0 Å². The van der Waals surface area contributed by atoms with Crippen molar-refractivity contribution in [2.45, 2.75) is 104 Å². The van der Waals surface area contributed by atoms with Gasteiger partial charge < -0.3 is 15.2 Å². The van der Waals surface area contributed by atoms with Crippen molar-refractivity contribution < 1.29 is 9.84 Å². The Kier molecular flexibility index (Phi) is 12.4. The van der Waals surface area contributed by atoms with Crippen LogP contribution in [0.2, 0.25) is 0 Å². The summed E-state index contributed by atoms with van der Waals surface area (Å²) >= 11 is 0. The Bertz CT molecular complexity index is 227. The molecule has 2 atom stereocenters. The molecule has 2 unspecified atom stereocenters. The first-order chi connectivity index (χ1) is 9.99. The van der Waals surface area contributed by atoms with Gasteiger partial charge in [-0.2, -0.15) is 0 Å². The van der Waals surface area contributed by atoms with E-state index in [0.29, 0.717) is 12.1 Å². The molecule has 0 aromatic rings. The topological polar surface area (TPSA) is 41.5 Å². The summed E-state index contributed by atoms with van der Waals surface area (Å²) in [7, 11) is 0. The molecule has 0 aromatic heterocycles. The predicted octanol–water partition coefficient (Wildman–Crippen LogP) is 4.28. The smallest absolute Gasteiger partial charge is 0.0613 e. The number of aliphatic hydroxyl groups excluding tert-OH is 1. The number of rotatable bonds is 14. The minimum atomic E-state index is -0.137. The lowest BCUT2D eigenvalue weighted by Crippen LogP contribution is -2.51. The minimum Gasteiger partial charge on any atom is -0.394 e. The van der Waals surface area contributed by atoms with Crippen LogP contribution in [0.5, 0.6) is 0 Å². The van der Waals surface area contributed by atoms with Crippen molar-refractivity contribution in [1.29, 1.82) is 0 Å². The second kappa shape index (κ2) is 12.4. The first kappa shape index (κ1) is 20.9. The normalized spacial score (nSPS) is 16.1. The molecule has 0 aliphatic carbocycles. The van der Waals surface area contributed by atoms with Crippen molar-refractivity contribution in [2.24, 2.45) is 0 Å². The van der Waals surface area contributed by atoms with Crippen LogP contribution in [-0.4, -0.2) is 36.0 Å². The molecule has 0 fully saturated rings. The SMILES string of the molecule is CCCCCCC(C)OCCCC(CC)(CO)NC(C)C. The summed E-state index contributed by atoms with van der Waals surface area (Å²) in [4.78, 5) is 0. The first-order valence-electron chi connectivity index (χ1n) is 8.99. The van der Waals surface area contributed by atoms with Crippen LogP contribution in [0.15, 0.2) is 0 Å². The van der Waals surface area contributed by atoms with Crippen molar-refractivity contribution in [3.05, 3.63) is 0 Å². The third-order valence-corrected chi connectivity index (χ3v) is 4.24. The van der Waals surface area contributed by atoms with Crippen LogP contribution in [0.4, 0.5) is 0 Å². The molecular formula is C18H39NO2. The fourth-order valence-electron chi connectivity index (χ4n) is 2.84. The lowest BCUT2D eigenvalue weighted by atomic mass is 9.90. The molecule has 0 bridgehead atoms. The molecule has 0 radical (unpaired) electrons. The van der Waals surface area contributed by atoms with Crippen molar-refractivity contribution in [3.63, 3.8) is 0 Å². The molecular weight excluding hydrogens is 262 g/mol. The average molecular weight is 302 g/mol. The zero-order valence-electron chi connectivity index (χ0n) is 15.1. The highest BCUT2D eigenvalue weighted by Crippen LogP contribution is 2.18. The van der Waals surface area contributed by atoms with Crippen LogP contribution < -0.4 is 5.32 Å². The average Bonchev–Trinajstić information content (AvgIpc) is 2.46. The van der Waals surface area contributed by atoms with E-state index in [1.54, 1.807) is 0 Å². The summed E-state index contributed by atoms with van der Waals surface area (Å²) in [6.07, 6.45) is 9.70. The number of aliphatic hydroxyl groups is 1. The van der Waals surface area contributed by atoms with Crippen LogP contribution in [0.1, 0.15) is 86.0 Å². The molecule has 3 nitrogen and oxygen atoms in total. The Hall–Kier alpha value is -0.120. The number of nitrogens with one attached hydrogen (secondary N) is 1.